The molecule has 4 aromatic rings. The molecule has 4 nitrogen and oxygen atoms in total. The smallest absolute Gasteiger partial charge is 0.257 e. The van der Waals surface area contributed by atoms with Gasteiger partial charge >= 0.3 is 0 Å². The predicted molar refractivity (Wildman–Crippen MR) is 114 cm³/mol. The minimum absolute atomic E-state index is 0.0791. The highest BCUT2D eigenvalue weighted by atomic mass is 32.2. The van der Waals surface area contributed by atoms with Gasteiger partial charge in [-0.25, -0.2) is 4.98 Å². The maximum atomic E-state index is 12.9. The molecule has 0 saturated heterocycles. The van der Waals surface area contributed by atoms with Crippen LogP contribution in [0.3, 0.4) is 0 Å². The quantitative estimate of drug-likeness (QED) is 0.318. The lowest BCUT2D eigenvalue weighted by Gasteiger charge is -2.12. The van der Waals surface area contributed by atoms with Crippen LogP contribution in [0.25, 0.3) is 16.8 Å². The maximum Gasteiger partial charge on any atom is 0.257 e. The summed E-state index contributed by atoms with van der Waals surface area (Å²) in [5.41, 5.74) is 7.90. The number of hydrogen-bond acceptors (Lipinski definition) is 4. The van der Waals surface area contributed by atoms with E-state index in [-0.39, 0.29) is 5.78 Å². The zero-order valence-corrected chi connectivity index (χ0v) is 17.3. The predicted octanol–water partition coefficient (Wildman–Crippen LogP) is 5.83. The van der Waals surface area contributed by atoms with Crippen molar-refractivity contribution < 1.29 is 9.21 Å². The number of rotatable bonds is 5. The molecule has 0 aliphatic carbocycles. The second kappa shape index (κ2) is 7.32. The van der Waals surface area contributed by atoms with Crippen molar-refractivity contribution in [3.63, 3.8) is 0 Å². The van der Waals surface area contributed by atoms with E-state index in [0.29, 0.717) is 11.0 Å². The standard InChI is InChI=1S/C23H22N2O2S/c1-14-9-10-18(11-15(14)2)25-16(3)12-19(17(25)4)21(26)13-28-23-24-20-7-5-6-8-22(20)27-23/h5-12H,13H2,1-4H3. The van der Waals surface area contributed by atoms with E-state index in [1.165, 1.54) is 22.9 Å². The van der Waals surface area contributed by atoms with Gasteiger partial charge in [0.25, 0.3) is 5.22 Å². The van der Waals surface area contributed by atoms with Crippen molar-refractivity contribution in [2.24, 2.45) is 0 Å². The number of fused-ring (bicyclic) bond motifs is 1. The van der Waals surface area contributed by atoms with Gasteiger partial charge in [0.1, 0.15) is 5.52 Å². The molecule has 5 heteroatoms. The van der Waals surface area contributed by atoms with Crippen molar-refractivity contribution in [3.8, 4) is 5.69 Å². The Morgan fingerprint density at radius 1 is 1.04 bits per heavy atom. The Morgan fingerprint density at radius 3 is 2.57 bits per heavy atom. The molecule has 0 amide bonds. The van der Waals surface area contributed by atoms with E-state index in [2.05, 4.69) is 41.6 Å². The topological polar surface area (TPSA) is 48.0 Å². The van der Waals surface area contributed by atoms with E-state index in [4.69, 9.17) is 4.42 Å². The number of Topliss-reactive ketones (excluding diaryl/α,β-unsaturated/α-hetero) is 1. The number of carbonyl (C=O) groups excluding carboxylic acids is 1. The summed E-state index contributed by atoms with van der Waals surface area (Å²) in [6.07, 6.45) is 0. The number of benzene rings is 2. The summed E-state index contributed by atoms with van der Waals surface area (Å²) in [6, 6.07) is 16.0. The highest BCUT2D eigenvalue weighted by Crippen LogP contribution is 2.27. The first kappa shape index (κ1) is 18.6. The second-order valence-corrected chi connectivity index (χ2v) is 7.97. The number of ketones is 1. The summed E-state index contributed by atoms with van der Waals surface area (Å²) in [6.45, 7) is 8.25. The number of aromatic nitrogens is 2. The van der Waals surface area contributed by atoms with Crippen molar-refractivity contribution in [3.05, 3.63) is 76.6 Å². The zero-order chi connectivity index (χ0) is 19.8. The van der Waals surface area contributed by atoms with Crippen LogP contribution in [-0.4, -0.2) is 21.1 Å². The van der Waals surface area contributed by atoms with Crippen LogP contribution in [0.5, 0.6) is 0 Å². The molecule has 2 aromatic heterocycles. The largest absolute Gasteiger partial charge is 0.431 e. The Hall–Kier alpha value is -2.79. The Kier molecular flexibility index (Phi) is 4.85. The highest BCUT2D eigenvalue weighted by molar-refractivity contribution is 7.99. The van der Waals surface area contributed by atoms with E-state index in [1.807, 2.05) is 44.2 Å². The van der Waals surface area contributed by atoms with E-state index in [0.717, 1.165) is 33.7 Å². The summed E-state index contributed by atoms with van der Waals surface area (Å²) >= 11 is 1.34. The number of para-hydroxylation sites is 2. The molecule has 28 heavy (non-hydrogen) atoms. The van der Waals surface area contributed by atoms with Crippen LogP contribution < -0.4 is 0 Å². The van der Waals surface area contributed by atoms with Gasteiger partial charge in [0.15, 0.2) is 11.4 Å². The first-order chi connectivity index (χ1) is 13.4. The lowest BCUT2D eigenvalue weighted by atomic mass is 10.1. The van der Waals surface area contributed by atoms with Gasteiger partial charge in [0.05, 0.1) is 5.75 Å². The molecule has 0 saturated carbocycles. The zero-order valence-electron chi connectivity index (χ0n) is 16.4. The van der Waals surface area contributed by atoms with E-state index in [9.17, 15) is 4.79 Å². The fourth-order valence-corrected chi connectivity index (χ4v) is 4.15. The molecular formula is C23H22N2O2S. The minimum Gasteiger partial charge on any atom is -0.431 e. The molecule has 0 aliphatic heterocycles. The lowest BCUT2D eigenvalue weighted by Crippen LogP contribution is -2.06. The molecule has 142 valence electrons. The Morgan fingerprint density at radius 2 is 1.82 bits per heavy atom. The van der Waals surface area contributed by atoms with Gasteiger partial charge in [0.2, 0.25) is 0 Å². The van der Waals surface area contributed by atoms with Crippen LogP contribution in [0.1, 0.15) is 32.9 Å². The maximum absolute atomic E-state index is 12.9. The number of oxazole rings is 1. The average Bonchev–Trinajstić information content (AvgIpc) is 3.22. The molecule has 0 N–H and O–H groups in total. The number of carbonyl (C=O) groups is 1. The van der Waals surface area contributed by atoms with Gasteiger partial charge in [-0.3, -0.25) is 4.79 Å². The molecule has 0 aliphatic rings. The molecule has 4 rings (SSSR count). The third-order valence-electron chi connectivity index (χ3n) is 5.08. The average molecular weight is 391 g/mol. The number of thioether (sulfide) groups is 1. The van der Waals surface area contributed by atoms with Gasteiger partial charge in [-0.05, 0) is 69.2 Å². The summed E-state index contributed by atoms with van der Waals surface area (Å²) < 4.78 is 7.84. The number of nitrogens with zero attached hydrogens (tertiary/aromatic N) is 2. The first-order valence-corrected chi connectivity index (χ1v) is 10.2. The lowest BCUT2D eigenvalue weighted by molar-refractivity contribution is 0.102. The van der Waals surface area contributed by atoms with Crippen molar-refractivity contribution in [2.45, 2.75) is 32.9 Å². The van der Waals surface area contributed by atoms with Crippen LogP contribution in [0.4, 0.5) is 0 Å². The molecule has 0 bridgehead atoms. The molecular weight excluding hydrogens is 368 g/mol. The Bertz CT molecular complexity index is 1150. The van der Waals surface area contributed by atoms with Gasteiger partial charge in [-0.1, -0.05) is 30.0 Å². The fraction of sp³-hybridized carbons (Fsp3) is 0.217. The van der Waals surface area contributed by atoms with Crippen LogP contribution >= 0.6 is 11.8 Å². The molecule has 0 radical (unpaired) electrons. The summed E-state index contributed by atoms with van der Waals surface area (Å²) in [4.78, 5) is 17.3. The molecule has 2 heterocycles. The molecule has 0 spiro atoms. The third-order valence-corrected chi connectivity index (χ3v) is 5.91. The summed E-state index contributed by atoms with van der Waals surface area (Å²) in [7, 11) is 0. The fourth-order valence-electron chi connectivity index (χ4n) is 3.42. The molecule has 0 atom stereocenters. The molecule has 0 fully saturated rings. The Balaban J connectivity index is 1.57. The van der Waals surface area contributed by atoms with Crippen LogP contribution in [0.15, 0.2) is 58.2 Å². The molecule has 2 aromatic carbocycles. The van der Waals surface area contributed by atoms with Gasteiger partial charge in [-0.15, -0.1) is 0 Å². The van der Waals surface area contributed by atoms with Crippen molar-refractivity contribution in [1.29, 1.82) is 0 Å². The Labute approximate surface area is 168 Å². The van der Waals surface area contributed by atoms with Crippen LogP contribution in [0, 0.1) is 27.7 Å². The van der Waals surface area contributed by atoms with Gasteiger partial charge < -0.3 is 8.98 Å². The molecule has 0 unspecified atom stereocenters. The van der Waals surface area contributed by atoms with Gasteiger partial charge in [-0.2, -0.15) is 0 Å². The summed E-state index contributed by atoms with van der Waals surface area (Å²) in [5, 5.41) is 0.525. The van der Waals surface area contributed by atoms with E-state index < -0.39 is 0 Å². The second-order valence-electron chi connectivity index (χ2n) is 7.05. The van der Waals surface area contributed by atoms with Crippen LogP contribution in [0.2, 0.25) is 0 Å². The van der Waals surface area contributed by atoms with Crippen molar-refractivity contribution in [1.82, 2.24) is 9.55 Å². The normalized spacial score (nSPS) is 11.3. The van der Waals surface area contributed by atoms with Crippen LogP contribution in [-0.2, 0) is 0 Å². The SMILES string of the molecule is Cc1ccc(-n2c(C)cc(C(=O)CSc3nc4ccccc4o3)c2C)cc1C. The third kappa shape index (κ3) is 3.38. The number of hydrogen-bond donors (Lipinski definition) is 0. The summed E-state index contributed by atoms with van der Waals surface area (Å²) in [5.74, 6) is 0.375. The minimum atomic E-state index is 0.0791. The first-order valence-electron chi connectivity index (χ1n) is 9.22. The van der Waals surface area contributed by atoms with E-state index >= 15 is 0 Å². The van der Waals surface area contributed by atoms with E-state index in [1.54, 1.807) is 0 Å². The highest BCUT2D eigenvalue weighted by Gasteiger charge is 2.18. The van der Waals surface area contributed by atoms with Crippen molar-refractivity contribution in [2.75, 3.05) is 5.75 Å². The van der Waals surface area contributed by atoms with Crippen molar-refractivity contribution >= 4 is 28.6 Å². The van der Waals surface area contributed by atoms with Gasteiger partial charge in [0, 0.05) is 22.6 Å². The number of aryl methyl sites for hydroxylation is 3. The monoisotopic (exact) mass is 390 g/mol.